The van der Waals surface area contributed by atoms with E-state index in [9.17, 15) is 4.79 Å². The molecule has 0 aliphatic heterocycles. The number of nitriles is 1. The maximum absolute atomic E-state index is 11.8. The Morgan fingerprint density at radius 2 is 2.00 bits per heavy atom. The summed E-state index contributed by atoms with van der Waals surface area (Å²) in [6, 6.07) is 2.08. The predicted octanol–water partition coefficient (Wildman–Crippen LogP) is 2.57. The molecule has 86 valence electrons. The van der Waals surface area contributed by atoms with Crippen molar-refractivity contribution in [2.75, 3.05) is 13.6 Å². The molecule has 0 aliphatic carbocycles. The van der Waals surface area contributed by atoms with E-state index in [1.165, 1.54) is 0 Å². The molecule has 0 aromatic carbocycles. The van der Waals surface area contributed by atoms with E-state index in [4.69, 9.17) is 5.26 Å². The Bertz CT molecular complexity index is 220. The van der Waals surface area contributed by atoms with Crippen molar-refractivity contribution >= 4 is 5.91 Å². The minimum Gasteiger partial charge on any atom is -0.345 e. The molecule has 0 aromatic heterocycles. The van der Waals surface area contributed by atoms with Crippen molar-refractivity contribution in [1.82, 2.24) is 4.90 Å². The molecule has 0 radical (unpaired) electrons. The van der Waals surface area contributed by atoms with Gasteiger partial charge in [0, 0.05) is 13.6 Å². The molecule has 0 bridgehead atoms. The summed E-state index contributed by atoms with van der Waals surface area (Å²) in [6.45, 7) is 4.90. The van der Waals surface area contributed by atoms with E-state index in [0.717, 1.165) is 32.2 Å². The molecule has 1 atom stereocenters. The molecule has 1 unspecified atom stereocenters. The van der Waals surface area contributed by atoms with Gasteiger partial charge in [0.15, 0.2) is 0 Å². The van der Waals surface area contributed by atoms with Crippen molar-refractivity contribution in [3.8, 4) is 6.07 Å². The van der Waals surface area contributed by atoms with Gasteiger partial charge in [0.25, 0.3) is 0 Å². The minimum atomic E-state index is -0.443. The van der Waals surface area contributed by atoms with Crippen molar-refractivity contribution < 1.29 is 4.79 Å². The fourth-order valence-electron chi connectivity index (χ4n) is 1.51. The van der Waals surface area contributed by atoms with Gasteiger partial charge in [-0.05, 0) is 12.8 Å². The Kier molecular flexibility index (Phi) is 7.71. The van der Waals surface area contributed by atoms with Gasteiger partial charge in [0.05, 0.1) is 6.07 Å². The van der Waals surface area contributed by atoms with Crippen LogP contribution in [-0.4, -0.2) is 24.4 Å². The van der Waals surface area contributed by atoms with Crippen LogP contribution in [0, 0.1) is 17.2 Å². The summed E-state index contributed by atoms with van der Waals surface area (Å²) in [5, 5.41) is 8.85. The van der Waals surface area contributed by atoms with E-state index in [2.05, 4.69) is 13.0 Å². The molecule has 15 heavy (non-hydrogen) atoms. The van der Waals surface area contributed by atoms with Gasteiger partial charge in [-0.15, -0.1) is 0 Å². The van der Waals surface area contributed by atoms with E-state index in [0.29, 0.717) is 6.42 Å². The summed E-state index contributed by atoms with van der Waals surface area (Å²) in [7, 11) is 1.79. The Labute approximate surface area is 93.1 Å². The van der Waals surface area contributed by atoms with Crippen LogP contribution >= 0.6 is 0 Å². The molecular formula is C12H22N2O. The lowest BCUT2D eigenvalue weighted by atomic mass is 10.0. The highest BCUT2D eigenvalue weighted by Gasteiger charge is 2.20. The molecule has 3 nitrogen and oxygen atoms in total. The van der Waals surface area contributed by atoms with E-state index < -0.39 is 5.92 Å². The molecule has 0 aliphatic rings. The molecule has 3 heteroatoms. The van der Waals surface area contributed by atoms with Gasteiger partial charge in [-0.1, -0.05) is 33.1 Å². The van der Waals surface area contributed by atoms with E-state index in [1.54, 1.807) is 11.9 Å². The lowest BCUT2D eigenvalue weighted by Crippen LogP contribution is -2.33. The monoisotopic (exact) mass is 210 g/mol. The van der Waals surface area contributed by atoms with Crippen LogP contribution < -0.4 is 0 Å². The average Bonchev–Trinajstić information content (AvgIpc) is 2.25. The summed E-state index contributed by atoms with van der Waals surface area (Å²) in [5.74, 6) is -0.461. The maximum atomic E-state index is 11.8. The van der Waals surface area contributed by atoms with Gasteiger partial charge in [-0.3, -0.25) is 4.79 Å². The molecule has 0 rings (SSSR count). The van der Waals surface area contributed by atoms with Crippen molar-refractivity contribution in [1.29, 1.82) is 5.26 Å². The predicted molar refractivity (Wildman–Crippen MR) is 61.2 cm³/mol. The molecular weight excluding hydrogens is 188 g/mol. The Morgan fingerprint density at radius 3 is 2.47 bits per heavy atom. The van der Waals surface area contributed by atoms with Crippen molar-refractivity contribution in [3.05, 3.63) is 0 Å². The zero-order valence-electron chi connectivity index (χ0n) is 10.1. The summed E-state index contributed by atoms with van der Waals surface area (Å²) in [5.41, 5.74) is 0. The first-order chi connectivity index (χ1) is 7.17. The zero-order chi connectivity index (χ0) is 11.7. The van der Waals surface area contributed by atoms with Crippen LogP contribution in [0.4, 0.5) is 0 Å². The van der Waals surface area contributed by atoms with Crippen molar-refractivity contribution in [2.24, 2.45) is 5.92 Å². The van der Waals surface area contributed by atoms with Crippen LogP contribution in [0.3, 0.4) is 0 Å². The number of carbonyl (C=O) groups excluding carboxylic acids is 1. The lowest BCUT2D eigenvalue weighted by Gasteiger charge is -2.19. The van der Waals surface area contributed by atoms with Crippen LogP contribution in [0.5, 0.6) is 0 Å². The fraction of sp³-hybridized carbons (Fsp3) is 0.833. The molecule has 0 N–H and O–H groups in total. The number of carbonyl (C=O) groups is 1. The van der Waals surface area contributed by atoms with Crippen LogP contribution in [0.2, 0.25) is 0 Å². The van der Waals surface area contributed by atoms with E-state index >= 15 is 0 Å². The van der Waals surface area contributed by atoms with Crippen molar-refractivity contribution in [2.45, 2.75) is 46.0 Å². The second kappa shape index (κ2) is 8.28. The van der Waals surface area contributed by atoms with Crippen molar-refractivity contribution in [3.63, 3.8) is 0 Å². The molecule has 0 saturated heterocycles. The summed E-state index contributed by atoms with van der Waals surface area (Å²) in [4.78, 5) is 13.5. The first-order valence-corrected chi connectivity index (χ1v) is 5.81. The fourth-order valence-corrected chi connectivity index (χ4v) is 1.51. The lowest BCUT2D eigenvalue weighted by molar-refractivity contribution is -0.132. The highest BCUT2D eigenvalue weighted by atomic mass is 16.2. The average molecular weight is 210 g/mol. The molecule has 0 aromatic rings. The summed E-state index contributed by atoms with van der Waals surface area (Å²) in [6.07, 6.45) is 4.88. The highest BCUT2D eigenvalue weighted by molar-refractivity contribution is 5.80. The number of nitrogens with zero attached hydrogens (tertiary/aromatic N) is 2. The second-order valence-electron chi connectivity index (χ2n) is 3.94. The minimum absolute atomic E-state index is 0.0181. The highest BCUT2D eigenvalue weighted by Crippen LogP contribution is 2.09. The van der Waals surface area contributed by atoms with Crippen LogP contribution in [0.1, 0.15) is 46.0 Å². The van der Waals surface area contributed by atoms with E-state index in [-0.39, 0.29) is 5.91 Å². The van der Waals surface area contributed by atoms with Crippen LogP contribution in [0.25, 0.3) is 0 Å². The van der Waals surface area contributed by atoms with Crippen LogP contribution in [0.15, 0.2) is 0 Å². The molecule has 0 spiro atoms. The largest absolute Gasteiger partial charge is 0.345 e. The van der Waals surface area contributed by atoms with Gasteiger partial charge >= 0.3 is 0 Å². The van der Waals surface area contributed by atoms with Gasteiger partial charge in [0.1, 0.15) is 5.92 Å². The zero-order valence-corrected chi connectivity index (χ0v) is 10.1. The summed E-state index contributed by atoms with van der Waals surface area (Å²) >= 11 is 0. The van der Waals surface area contributed by atoms with Gasteiger partial charge < -0.3 is 4.90 Å². The quantitative estimate of drug-likeness (QED) is 0.606. The molecule has 0 fully saturated rings. The van der Waals surface area contributed by atoms with Gasteiger partial charge in [-0.25, -0.2) is 0 Å². The standard InChI is InChI=1S/C12H22N2O/c1-4-6-7-9-14(3)12(15)11(10-13)8-5-2/h11H,4-9H2,1-3H3. The molecule has 1 amide bonds. The topological polar surface area (TPSA) is 44.1 Å². The SMILES string of the molecule is CCCCCN(C)C(=O)C(C#N)CCC. The third-order valence-corrected chi connectivity index (χ3v) is 2.50. The second-order valence-corrected chi connectivity index (χ2v) is 3.94. The number of amides is 1. The third kappa shape index (κ3) is 5.41. The summed E-state index contributed by atoms with van der Waals surface area (Å²) < 4.78 is 0. The Hall–Kier alpha value is -1.04. The molecule has 0 heterocycles. The third-order valence-electron chi connectivity index (χ3n) is 2.50. The number of unbranched alkanes of at least 4 members (excludes halogenated alkanes) is 2. The number of hydrogen-bond acceptors (Lipinski definition) is 2. The number of rotatable bonds is 7. The van der Waals surface area contributed by atoms with Crippen LogP contribution in [-0.2, 0) is 4.79 Å². The normalized spacial score (nSPS) is 11.9. The molecule has 0 saturated carbocycles. The Balaban J connectivity index is 4.00. The first-order valence-electron chi connectivity index (χ1n) is 5.81. The number of hydrogen-bond donors (Lipinski definition) is 0. The smallest absolute Gasteiger partial charge is 0.239 e. The Morgan fingerprint density at radius 1 is 1.33 bits per heavy atom. The van der Waals surface area contributed by atoms with E-state index in [1.807, 2.05) is 6.92 Å². The maximum Gasteiger partial charge on any atom is 0.239 e. The first kappa shape index (κ1) is 14.0. The van der Waals surface area contributed by atoms with Gasteiger partial charge in [-0.2, -0.15) is 5.26 Å². The van der Waals surface area contributed by atoms with Gasteiger partial charge in [0.2, 0.25) is 5.91 Å².